The van der Waals surface area contributed by atoms with Crippen LogP contribution in [0.2, 0.25) is 0 Å². The molecular formula is C27H25N3O3. The Balaban J connectivity index is 1.77. The monoisotopic (exact) mass is 439 g/mol. The van der Waals surface area contributed by atoms with Crippen LogP contribution in [0, 0.1) is 6.92 Å². The summed E-state index contributed by atoms with van der Waals surface area (Å²) in [5.74, 6) is -0.990. The third-order valence-electron chi connectivity index (χ3n) is 5.47. The second kappa shape index (κ2) is 9.12. The fourth-order valence-corrected chi connectivity index (χ4v) is 3.82. The highest BCUT2D eigenvalue weighted by atomic mass is 16.2. The van der Waals surface area contributed by atoms with Crippen LogP contribution in [0.4, 0.5) is 17.1 Å². The maximum atomic E-state index is 13.5. The minimum Gasteiger partial charge on any atom is -0.350 e. The second-order valence-corrected chi connectivity index (χ2v) is 7.97. The molecule has 0 spiro atoms. The molecule has 0 atom stereocenters. The van der Waals surface area contributed by atoms with Gasteiger partial charge in [0, 0.05) is 18.3 Å². The first kappa shape index (κ1) is 22.0. The number of aryl methyl sites for hydroxylation is 2. The predicted molar refractivity (Wildman–Crippen MR) is 131 cm³/mol. The van der Waals surface area contributed by atoms with Crippen LogP contribution < -0.4 is 15.5 Å². The van der Waals surface area contributed by atoms with Crippen LogP contribution in [0.15, 0.2) is 78.5 Å². The summed E-state index contributed by atoms with van der Waals surface area (Å²) >= 11 is 0. The van der Waals surface area contributed by atoms with Gasteiger partial charge in [0.15, 0.2) is 0 Å². The quantitative estimate of drug-likeness (QED) is 0.535. The molecule has 3 aromatic rings. The molecule has 6 heteroatoms. The van der Waals surface area contributed by atoms with E-state index in [-0.39, 0.29) is 17.2 Å². The van der Waals surface area contributed by atoms with Gasteiger partial charge in [-0.3, -0.25) is 14.4 Å². The van der Waals surface area contributed by atoms with Crippen molar-refractivity contribution in [1.29, 1.82) is 0 Å². The average molecular weight is 440 g/mol. The molecule has 1 heterocycles. The van der Waals surface area contributed by atoms with Crippen molar-refractivity contribution in [3.05, 3.63) is 95.2 Å². The number of hydrogen-bond donors (Lipinski definition) is 2. The van der Waals surface area contributed by atoms with Gasteiger partial charge in [-0.1, -0.05) is 43.3 Å². The normalized spacial score (nSPS) is 13.5. The molecule has 3 aromatic carbocycles. The molecule has 0 bridgehead atoms. The second-order valence-electron chi connectivity index (χ2n) is 7.97. The SMILES string of the molecule is CCc1ccc(N2C(=O)C(Nc3cccc(C)c3)=C(c3ccc(NC(C)=O)cc3)C2=O)cc1. The number of hydrogen-bond acceptors (Lipinski definition) is 4. The van der Waals surface area contributed by atoms with Gasteiger partial charge in [0.25, 0.3) is 11.8 Å². The van der Waals surface area contributed by atoms with Crippen molar-refractivity contribution in [2.45, 2.75) is 27.2 Å². The molecule has 0 radical (unpaired) electrons. The van der Waals surface area contributed by atoms with Crippen LogP contribution in [0.25, 0.3) is 5.57 Å². The van der Waals surface area contributed by atoms with Crippen molar-refractivity contribution in [1.82, 2.24) is 0 Å². The lowest BCUT2D eigenvalue weighted by Crippen LogP contribution is -2.32. The maximum Gasteiger partial charge on any atom is 0.282 e. The van der Waals surface area contributed by atoms with E-state index in [1.165, 1.54) is 11.8 Å². The molecule has 166 valence electrons. The van der Waals surface area contributed by atoms with E-state index in [9.17, 15) is 14.4 Å². The van der Waals surface area contributed by atoms with E-state index in [2.05, 4.69) is 17.6 Å². The number of anilines is 3. The highest BCUT2D eigenvalue weighted by Crippen LogP contribution is 2.34. The molecular weight excluding hydrogens is 414 g/mol. The molecule has 1 aliphatic heterocycles. The molecule has 0 unspecified atom stereocenters. The Kier molecular flexibility index (Phi) is 6.09. The number of nitrogens with zero attached hydrogens (tertiary/aromatic N) is 1. The summed E-state index contributed by atoms with van der Waals surface area (Å²) in [6.07, 6.45) is 0.868. The van der Waals surface area contributed by atoms with Crippen molar-refractivity contribution < 1.29 is 14.4 Å². The van der Waals surface area contributed by atoms with Gasteiger partial charge in [0.1, 0.15) is 5.70 Å². The summed E-state index contributed by atoms with van der Waals surface area (Å²) in [5.41, 5.74) is 5.11. The van der Waals surface area contributed by atoms with Crippen LogP contribution in [-0.4, -0.2) is 17.7 Å². The van der Waals surface area contributed by atoms with Crippen molar-refractivity contribution in [3.63, 3.8) is 0 Å². The Morgan fingerprint density at radius 3 is 2.18 bits per heavy atom. The Morgan fingerprint density at radius 1 is 0.879 bits per heavy atom. The lowest BCUT2D eigenvalue weighted by Gasteiger charge is -2.16. The minimum absolute atomic E-state index is 0.183. The first-order valence-corrected chi connectivity index (χ1v) is 10.8. The highest BCUT2D eigenvalue weighted by molar-refractivity contribution is 6.46. The molecule has 0 saturated carbocycles. The van der Waals surface area contributed by atoms with Gasteiger partial charge in [-0.2, -0.15) is 0 Å². The topological polar surface area (TPSA) is 78.5 Å². The van der Waals surface area contributed by atoms with Crippen molar-refractivity contribution >= 4 is 40.4 Å². The average Bonchev–Trinajstić information content (AvgIpc) is 3.03. The molecule has 6 nitrogen and oxygen atoms in total. The fourth-order valence-electron chi connectivity index (χ4n) is 3.82. The fraction of sp³-hybridized carbons (Fsp3) is 0.148. The first-order valence-electron chi connectivity index (χ1n) is 10.8. The summed E-state index contributed by atoms with van der Waals surface area (Å²) in [4.78, 5) is 39.6. The molecule has 3 amide bonds. The number of rotatable bonds is 6. The molecule has 0 aromatic heterocycles. The number of carbonyl (C=O) groups excluding carboxylic acids is 3. The van der Waals surface area contributed by atoms with Crippen LogP contribution in [0.3, 0.4) is 0 Å². The largest absolute Gasteiger partial charge is 0.350 e. The zero-order chi connectivity index (χ0) is 23.5. The molecule has 1 aliphatic rings. The van der Waals surface area contributed by atoms with Gasteiger partial charge in [0.2, 0.25) is 5.91 Å². The van der Waals surface area contributed by atoms with Crippen LogP contribution in [0.1, 0.15) is 30.5 Å². The molecule has 2 N–H and O–H groups in total. The van der Waals surface area contributed by atoms with E-state index < -0.39 is 11.8 Å². The van der Waals surface area contributed by atoms with E-state index in [1.54, 1.807) is 36.4 Å². The van der Waals surface area contributed by atoms with Crippen molar-refractivity contribution in [2.24, 2.45) is 0 Å². The Hall–Kier alpha value is -4.19. The zero-order valence-corrected chi connectivity index (χ0v) is 18.8. The summed E-state index contributed by atoms with van der Waals surface area (Å²) in [5, 5.41) is 5.89. The smallest absolute Gasteiger partial charge is 0.282 e. The summed E-state index contributed by atoms with van der Waals surface area (Å²) in [7, 11) is 0. The number of amides is 3. The third kappa shape index (κ3) is 4.55. The van der Waals surface area contributed by atoms with Crippen LogP contribution >= 0.6 is 0 Å². The van der Waals surface area contributed by atoms with E-state index >= 15 is 0 Å². The van der Waals surface area contributed by atoms with E-state index in [4.69, 9.17) is 0 Å². The maximum absolute atomic E-state index is 13.5. The van der Waals surface area contributed by atoms with Gasteiger partial charge in [0.05, 0.1) is 11.3 Å². The van der Waals surface area contributed by atoms with Gasteiger partial charge >= 0.3 is 0 Å². The zero-order valence-electron chi connectivity index (χ0n) is 18.8. The number of benzene rings is 3. The molecule has 33 heavy (non-hydrogen) atoms. The molecule has 0 aliphatic carbocycles. The van der Waals surface area contributed by atoms with Gasteiger partial charge in [-0.15, -0.1) is 0 Å². The number of imide groups is 1. The van der Waals surface area contributed by atoms with E-state index in [0.29, 0.717) is 16.9 Å². The Bertz CT molecular complexity index is 1260. The predicted octanol–water partition coefficient (Wildman–Crippen LogP) is 4.91. The van der Waals surface area contributed by atoms with E-state index in [0.717, 1.165) is 23.2 Å². The van der Waals surface area contributed by atoms with Gasteiger partial charge in [-0.25, -0.2) is 4.90 Å². The Morgan fingerprint density at radius 2 is 1.58 bits per heavy atom. The highest BCUT2D eigenvalue weighted by Gasteiger charge is 2.40. The van der Waals surface area contributed by atoms with E-state index in [1.807, 2.05) is 43.3 Å². The number of carbonyl (C=O) groups is 3. The standard InChI is InChI=1S/C27H25N3O3/c1-4-19-8-14-23(15-9-19)30-26(32)24(20-10-12-21(13-11-20)28-18(3)31)25(27(30)33)29-22-7-5-6-17(2)16-22/h5-16,29H,4H2,1-3H3,(H,28,31). The first-order chi connectivity index (χ1) is 15.9. The lowest BCUT2D eigenvalue weighted by atomic mass is 10.0. The number of nitrogens with one attached hydrogen (secondary N) is 2. The van der Waals surface area contributed by atoms with Crippen LogP contribution in [-0.2, 0) is 20.8 Å². The third-order valence-corrected chi connectivity index (χ3v) is 5.47. The molecule has 0 fully saturated rings. The minimum atomic E-state index is -0.410. The summed E-state index contributed by atoms with van der Waals surface area (Å²) < 4.78 is 0. The molecule has 4 rings (SSSR count). The molecule has 0 saturated heterocycles. The Labute approximate surface area is 192 Å². The summed E-state index contributed by atoms with van der Waals surface area (Å²) in [6.45, 7) is 5.45. The van der Waals surface area contributed by atoms with Gasteiger partial charge < -0.3 is 10.6 Å². The lowest BCUT2D eigenvalue weighted by molar-refractivity contribution is -0.120. The van der Waals surface area contributed by atoms with Gasteiger partial charge in [-0.05, 0) is 66.4 Å². The van der Waals surface area contributed by atoms with Crippen molar-refractivity contribution in [3.8, 4) is 0 Å². The summed E-state index contributed by atoms with van der Waals surface area (Å²) in [6, 6.07) is 21.9. The van der Waals surface area contributed by atoms with Crippen molar-refractivity contribution in [2.75, 3.05) is 15.5 Å². The van der Waals surface area contributed by atoms with Crippen LogP contribution in [0.5, 0.6) is 0 Å².